The maximum Gasteiger partial charge on any atom is 0.408 e. The van der Waals surface area contributed by atoms with Crippen molar-refractivity contribution in [3.8, 4) is 0 Å². The van der Waals surface area contributed by atoms with Gasteiger partial charge in [-0.1, -0.05) is 12.2 Å². The smallest absolute Gasteiger partial charge is 0.408 e. The molecule has 2 aromatic heterocycles. The largest absolute Gasteiger partial charge is 0.480 e. The van der Waals surface area contributed by atoms with Crippen molar-refractivity contribution >= 4 is 29.0 Å². The zero-order chi connectivity index (χ0) is 24.3. The van der Waals surface area contributed by atoms with Gasteiger partial charge >= 0.3 is 12.1 Å². The molecule has 3 heterocycles. The van der Waals surface area contributed by atoms with Crippen LogP contribution in [0, 0.1) is 0 Å². The van der Waals surface area contributed by atoms with Gasteiger partial charge in [-0.15, -0.1) is 0 Å². The molecule has 0 aliphatic carbocycles. The van der Waals surface area contributed by atoms with Gasteiger partial charge in [0, 0.05) is 0 Å². The minimum Gasteiger partial charge on any atom is -0.480 e. The second-order valence-corrected chi connectivity index (χ2v) is 8.60. The second kappa shape index (κ2) is 9.68. The van der Waals surface area contributed by atoms with E-state index in [1.165, 1.54) is 23.3 Å². The first-order chi connectivity index (χ1) is 15.5. The number of aliphatic hydroxyl groups is 2. The molecule has 0 radical (unpaired) electrons. The molecule has 13 nitrogen and oxygen atoms in total. The number of hydrogen-bond donors (Lipinski definition) is 5. The average Bonchev–Trinajstić information content (AvgIpc) is 3.26. The summed E-state index contributed by atoms with van der Waals surface area (Å²) in [4.78, 5) is 35.4. The van der Waals surface area contributed by atoms with Crippen molar-refractivity contribution in [2.45, 2.75) is 69.8 Å². The molecule has 6 N–H and O–H groups in total. The fourth-order valence-electron chi connectivity index (χ4n) is 3.33. The number of ether oxygens (including phenoxy) is 2. The summed E-state index contributed by atoms with van der Waals surface area (Å²) in [6.45, 7) is 5.02. The lowest BCUT2D eigenvalue weighted by atomic mass is 10.1. The molecular formula is C20H28N6O7. The van der Waals surface area contributed by atoms with Gasteiger partial charge in [0.25, 0.3) is 0 Å². The summed E-state index contributed by atoms with van der Waals surface area (Å²) in [5, 5.41) is 32.5. The third-order valence-electron chi connectivity index (χ3n) is 4.87. The van der Waals surface area contributed by atoms with E-state index in [0.717, 1.165) is 0 Å². The highest BCUT2D eigenvalue weighted by Crippen LogP contribution is 2.32. The van der Waals surface area contributed by atoms with E-state index in [1.54, 1.807) is 26.8 Å². The standard InChI is InChI=1S/C20H28N6O7/c1-20(2,3)33-19(31)25-10(18(29)30)6-4-5-7-11-13(27)14(28)17(32-11)26-9-24-12-15(21)22-8-23-16(12)26/h5,7-11,13-14,17,27-28H,4,6H2,1-3H3,(H,25,31)(H,29,30)(H2,21,22,23)/b7-5+/t10?,11-,13-,14-,17-/m1/s1. The fraction of sp³-hybridized carbons (Fsp3) is 0.550. The number of alkyl carbamates (subject to hydrolysis) is 1. The molecule has 1 aliphatic heterocycles. The van der Waals surface area contributed by atoms with Crippen LogP contribution in [0.2, 0.25) is 0 Å². The van der Waals surface area contributed by atoms with Gasteiger partial charge in [0.15, 0.2) is 17.7 Å². The number of aliphatic carboxylic acids is 1. The predicted molar refractivity (Wildman–Crippen MR) is 115 cm³/mol. The van der Waals surface area contributed by atoms with Gasteiger partial charge in [-0.05, 0) is 33.6 Å². The molecule has 13 heteroatoms. The van der Waals surface area contributed by atoms with Crippen LogP contribution in [-0.2, 0) is 14.3 Å². The number of allylic oxidation sites excluding steroid dienone is 1. The van der Waals surface area contributed by atoms with E-state index in [0.29, 0.717) is 11.2 Å². The lowest BCUT2D eigenvalue weighted by molar-refractivity contribution is -0.139. The Labute approximate surface area is 189 Å². The molecule has 0 bridgehead atoms. The Balaban J connectivity index is 1.60. The van der Waals surface area contributed by atoms with Crippen molar-refractivity contribution in [3.05, 3.63) is 24.8 Å². The van der Waals surface area contributed by atoms with Crippen molar-refractivity contribution in [1.82, 2.24) is 24.8 Å². The molecule has 1 unspecified atom stereocenters. The minimum atomic E-state index is -1.27. The summed E-state index contributed by atoms with van der Waals surface area (Å²) >= 11 is 0. The van der Waals surface area contributed by atoms with Crippen molar-refractivity contribution in [2.75, 3.05) is 5.73 Å². The Morgan fingerprint density at radius 3 is 2.70 bits per heavy atom. The van der Waals surface area contributed by atoms with Crippen LogP contribution >= 0.6 is 0 Å². The van der Waals surface area contributed by atoms with Crippen LogP contribution in [0.25, 0.3) is 11.2 Å². The summed E-state index contributed by atoms with van der Waals surface area (Å²) in [7, 11) is 0. The fourth-order valence-corrected chi connectivity index (χ4v) is 3.33. The van der Waals surface area contributed by atoms with Gasteiger partial charge in [0.2, 0.25) is 0 Å². The van der Waals surface area contributed by atoms with E-state index in [1.807, 2.05) is 0 Å². The third kappa shape index (κ3) is 5.74. The first-order valence-corrected chi connectivity index (χ1v) is 10.3. The van der Waals surface area contributed by atoms with Gasteiger partial charge in [-0.3, -0.25) is 4.57 Å². The molecule has 3 rings (SSSR count). The number of nitrogen functional groups attached to an aromatic ring is 1. The van der Waals surface area contributed by atoms with Gasteiger partial charge < -0.3 is 35.8 Å². The molecule has 1 aliphatic rings. The lowest BCUT2D eigenvalue weighted by Gasteiger charge is -2.21. The minimum absolute atomic E-state index is 0.0855. The van der Waals surface area contributed by atoms with Crippen molar-refractivity contribution < 1.29 is 34.4 Å². The van der Waals surface area contributed by atoms with Crippen LogP contribution in [0.3, 0.4) is 0 Å². The Kier molecular flexibility index (Phi) is 7.15. The van der Waals surface area contributed by atoms with Crippen LogP contribution in [-0.4, -0.2) is 76.9 Å². The number of hydrogen-bond acceptors (Lipinski definition) is 10. The Hall–Kier alpha value is -3.29. The number of nitrogens with one attached hydrogen (secondary N) is 1. The van der Waals surface area contributed by atoms with E-state index < -0.39 is 48.2 Å². The number of carboxylic acid groups (broad SMARTS) is 1. The van der Waals surface area contributed by atoms with Gasteiger partial charge in [-0.2, -0.15) is 0 Å². The van der Waals surface area contributed by atoms with Crippen molar-refractivity contribution in [3.63, 3.8) is 0 Å². The van der Waals surface area contributed by atoms with E-state index in [4.69, 9.17) is 15.2 Å². The molecule has 0 saturated carbocycles. The second-order valence-electron chi connectivity index (χ2n) is 8.60. The summed E-state index contributed by atoms with van der Waals surface area (Å²) in [5.41, 5.74) is 5.72. The molecule has 0 spiro atoms. The number of aromatic nitrogens is 4. The SMILES string of the molecule is CC(C)(C)OC(=O)NC(CC/C=C/[C@H]1O[C@@H](n2cnc3c(N)ncnc32)[C@H](O)[C@@H]1O)C(=O)O. The first-order valence-electron chi connectivity index (χ1n) is 10.3. The number of nitrogens with zero attached hydrogens (tertiary/aromatic N) is 4. The van der Waals surface area contributed by atoms with E-state index >= 15 is 0 Å². The lowest BCUT2D eigenvalue weighted by Crippen LogP contribution is -2.43. The van der Waals surface area contributed by atoms with E-state index in [-0.39, 0.29) is 18.7 Å². The molecule has 5 atom stereocenters. The third-order valence-corrected chi connectivity index (χ3v) is 4.87. The number of imidazole rings is 1. The number of amides is 1. The predicted octanol–water partition coefficient (Wildman–Crippen LogP) is 0.342. The number of carboxylic acids is 1. The van der Waals surface area contributed by atoms with E-state index in [2.05, 4.69) is 20.3 Å². The van der Waals surface area contributed by atoms with Gasteiger partial charge in [-0.25, -0.2) is 24.5 Å². The van der Waals surface area contributed by atoms with Crippen molar-refractivity contribution in [2.24, 2.45) is 0 Å². The van der Waals surface area contributed by atoms with E-state index in [9.17, 15) is 24.9 Å². The van der Waals surface area contributed by atoms with Crippen LogP contribution in [0.1, 0.15) is 39.8 Å². The Bertz CT molecular complexity index is 1030. The first kappa shape index (κ1) is 24.4. The summed E-state index contributed by atoms with van der Waals surface area (Å²) in [6, 6.07) is -1.15. The quantitative estimate of drug-likeness (QED) is 0.354. The normalized spacial score (nSPS) is 24.3. The molecular weight excluding hydrogens is 436 g/mol. The Morgan fingerprint density at radius 1 is 1.30 bits per heavy atom. The number of anilines is 1. The van der Waals surface area contributed by atoms with Gasteiger partial charge in [0.1, 0.15) is 41.8 Å². The highest BCUT2D eigenvalue weighted by atomic mass is 16.6. The number of nitrogens with two attached hydrogens (primary N) is 1. The number of aliphatic hydroxyl groups excluding tert-OH is 2. The zero-order valence-corrected chi connectivity index (χ0v) is 18.5. The molecule has 0 aromatic carbocycles. The van der Waals surface area contributed by atoms with Gasteiger partial charge in [0.05, 0.1) is 6.33 Å². The number of rotatable bonds is 7. The zero-order valence-electron chi connectivity index (χ0n) is 18.5. The average molecular weight is 464 g/mol. The molecule has 33 heavy (non-hydrogen) atoms. The van der Waals surface area contributed by atoms with Crippen LogP contribution in [0.15, 0.2) is 24.8 Å². The summed E-state index contributed by atoms with van der Waals surface area (Å²) < 4.78 is 12.3. The maximum absolute atomic E-state index is 11.8. The highest BCUT2D eigenvalue weighted by molar-refractivity contribution is 5.81. The molecule has 1 fully saturated rings. The van der Waals surface area contributed by atoms with Crippen LogP contribution in [0.5, 0.6) is 0 Å². The number of carbonyl (C=O) groups excluding carboxylic acids is 1. The summed E-state index contributed by atoms with van der Waals surface area (Å²) in [5.74, 6) is -1.02. The van der Waals surface area contributed by atoms with Crippen LogP contribution < -0.4 is 11.1 Å². The number of carbonyl (C=O) groups is 2. The number of fused-ring (bicyclic) bond motifs is 1. The Morgan fingerprint density at radius 2 is 2.03 bits per heavy atom. The highest BCUT2D eigenvalue weighted by Gasteiger charge is 2.43. The maximum atomic E-state index is 11.8. The monoisotopic (exact) mass is 464 g/mol. The summed E-state index contributed by atoms with van der Waals surface area (Å²) in [6.07, 6.45) is 0.990. The molecule has 180 valence electrons. The topological polar surface area (TPSA) is 195 Å². The van der Waals surface area contributed by atoms with Crippen LogP contribution in [0.4, 0.5) is 10.6 Å². The molecule has 1 saturated heterocycles. The molecule has 2 aromatic rings. The molecule has 1 amide bonds. The van der Waals surface area contributed by atoms with Crippen molar-refractivity contribution in [1.29, 1.82) is 0 Å².